The summed E-state index contributed by atoms with van der Waals surface area (Å²) >= 11 is 6.83. The van der Waals surface area contributed by atoms with E-state index in [1.54, 1.807) is 4.90 Å². The van der Waals surface area contributed by atoms with E-state index in [4.69, 9.17) is 17.0 Å². The molecule has 5 heteroatoms. The standard InChI is InChI=1S/C29H23NO2S2/c1-20-9-11-22(12-10-20)18-30-28(31)27(34-29(30)33)17-21-13-15-25(16-14-21)32-19-24-7-4-6-23-5-2-3-8-26(23)24/h2-17H,18-19H2,1H3/b27-17-. The van der Waals surface area contributed by atoms with E-state index in [2.05, 4.69) is 30.3 Å². The quantitative estimate of drug-likeness (QED) is 0.216. The number of amides is 1. The first-order chi connectivity index (χ1) is 16.6. The molecule has 0 N–H and O–H groups in total. The van der Waals surface area contributed by atoms with Crippen molar-refractivity contribution in [2.45, 2.75) is 20.1 Å². The van der Waals surface area contributed by atoms with Gasteiger partial charge in [0.25, 0.3) is 5.91 Å². The molecule has 0 atom stereocenters. The molecule has 0 spiro atoms. The van der Waals surface area contributed by atoms with Crippen LogP contribution < -0.4 is 4.74 Å². The Balaban J connectivity index is 1.25. The lowest BCUT2D eigenvalue weighted by molar-refractivity contribution is -0.122. The van der Waals surface area contributed by atoms with Gasteiger partial charge in [-0.05, 0) is 52.6 Å². The van der Waals surface area contributed by atoms with Gasteiger partial charge in [0.15, 0.2) is 0 Å². The molecule has 0 unspecified atom stereocenters. The van der Waals surface area contributed by atoms with Crippen LogP contribution in [0.4, 0.5) is 0 Å². The number of hydrogen-bond donors (Lipinski definition) is 0. The molecule has 1 fully saturated rings. The summed E-state index contributed by atoms with van der Waals surface area (Å²) in [5.74, 6) is 0.740. The van der Waals surface area contributed by atoms with Gasteiger partial charge in [-0.25, -0.2) is 0 Å². The summed E-state index contributed by atoms with van der Waals surface area (Å²) < 4.78 is 6.62. The SMILES string of the molecule is Cc1ccc(CN2C(=O)/C(=C/c3ccc(OCc4cccc5ccccc45)cc3)SC2=S)cc1. The Hall–Kier alpha value is -3.41. The minimum atomic E-state index is -0.0492. The summed E-state index contributed by atoms with van der Waals surface area (Å²) in [5.41, 5.74) is 4.35. The van der Waals surface area contributed by atoms with Crippen molar-refractivity contribution in [1.29, 1.82) is 0 Å². The van der Waals surface area contributed by atoms with Crippen molar-refractivity contribution in [3.8, 4) is 5.75 Å². The first kappa shape index (κ1) is 22.4. The van der Waals surface area contributed by atoms with Crippen molar-refractivity contribution >= 4 is 51.1 Å². The zero-order valence-electron chi connectivity index (χ0n) is 18.7. The highest BCUT2D eigenvalue weighted by atomic mass is 32.2. The average molecular weight is 482 g/mol. The van der Waals surface area contributed by atoms with Crippen LogP contribution in [-0.2, 0) is 17.9 Å². The van der Waals surface area contributed by atoms with E-state index < -0.39 is 0 Å². The Labute approximate surface area is 209 Å². The van der Waals surface area contributed by atoms with Gasteiger partial charge in [0, 0.05) is 0 Å². The van der Waals surface area contributed by atoms with Gasteiger partial charge in [-0.15, -0.1) is 0 Å². The van der Waals surface area contributed by atoms with E-state index in [-0.39, 0.29) is 5.91 Å². The van der Waals surface area contributed by atoms with Crippen LogP contribution in [0.5, 0.6) is 5.75 Å². The molecule has 0 saturated carbocycles. The largest absolute Gasteiger partial charge is 0.489 e. The molecule has 0 radical (unpaired) electrons. The Bertz CT molecular complexity index is 1390. The van der Waals surface area contributed by atoms with E-state index >= 15 is 0 Å². The molecule has 1 amide bonds. The number of nitrogens with zero attached hydrogens (tertiary/aromatic N) is 1. The maximum absolute atomic E-state index is 12.9. The molecule has 1 heterocycles. The lowest BCUT2D eigenvalue weighted by Crippen LogP contribution is -2.27. The van der Waals surface area contributed by atoms with E-state index in [9.17, 15) is 4.79 Å². The Morgan fingerprint density at radius 3 is 2.44 bits per heavy atom. The van der Waals surface area contributed by atoms with Crippen LogP contribution in [0.25, 0.3) is 16.8 Å². The third-order valence-electron chi connectivity index (χ3n) is 5.79. The molecule has 34 heavy (non-hydrogen) atoms. The number of thioether (sulfide) groups is 1. The highest BCUT2D eigenvalue weighted by molar-refractivity contribution is 8.26. The normalized spacial score (nSPS) is 14.9. The Morgan fingerprint density at radius 1 is 0.912 bits per heavy atom. The van der Waals surface area contributed by atoms with Gasteiger partial charge in [0.1, 0.15) is 16.7 Å². The van der Waals surface area contributed by atoms with Gasteiger partial charge >= 0.3 is 0 Å². The predicted molar refractivity (Wildman–Crippen MR) is 145 cm³/mol. The van der Waals surface area contributed by atoms with Crippen molar-refractivity contribution in [3.05, 3.63) is 118 Å². The molecule has 4 aromatic carbocycles. The highest BCUT2D eigenvalue weighted by Gasteiger charge is 2.31. The third-order valence-corrected chi connectivity index (χ3v) is 7.16. The maximum Gasteiger partial charge on any atom is 0.266 e. The minimum Gasteiger partial charge on any atom is -0.489 e. The van der Waals surface area contributed by atoms with Gasteiger partial charge in [-0.3, -0.25) is 9.69 Å². The van der Waals surface area contributed by atoms with E-state index in [0.717, 1.165) is 22.4 Å². The second-order valence-electron chi connectivity index (χ2n) is 8.25. The predicted octanol–water partition coefficient (Wildman–Crippen LogP) is 7.13. The van der Waals surface area contributed by atoms with Gasteiger partial charge in [0.2, 0.25) is 0 Å². The monoisotopic (exact) mass is 481 g/mol. The summed E-state index contributed by atoms with van der Waals surface area (Å²) in [4.78, 5) is 15.3. The number of benzene rings is 4. The first-order valence-corrected chi connectivity index (χ1v) is 12.3. The Kier molecular flexibility index (Phi) is 6.48. The number of aryl methyl sites for hydroxylation is 1. The zero-order valence-corrected chi connectivity index (χ0v) is 20.4. The van der Waals surface area contributed by atoms with Crippen LogP contribution in [0.2, 0.25) is 0 Å². The van der Waals surface area contributed by atoms with Crippen molar-refractivity contribution in [1.82, 2.24) is 4.90 Å². The molecule has 5 rings (SSSR count). The van der Waals surface area contributed by atoms with E-state index in [0.29, 0.717) is 22.4 Å². The fraction of sp³-hybridized carbons (Fsp3) is 0.103. The van der Waals surface area contributed by atoms with Crippen molar-refractivity contribution in [2.24, 2.45) is 0 Å². The van der Waals surface area contributed by atoms with Crippen molar-refractivity contribution in [3.63, 3.8) is 0 Å². The zero-order chi connectivity index (χ0) is 23.5. The smallest absolute Gasteiger partial charge is 0.266 e. The molecule has 1 saturated heterocycles. The maximum atomic E-state index is 12.9. The number of ether oxygens (including phenoxy) is 1. The molecule has 0 bridgehead atoms. The Morgan fingerprint density at radius 2 is 1.65 bits per heavy atom. The van der Waals surface area contributed by atoms with Crippen molar-refractivity contribution < 1.29 is 9.53 Å². The number of carbonyl (C=O) groups excluding carboxylic acids is 1. The number of carbonyl (C=O) groups is 1. The molecule has 168 valence electrons. The summed E-state index contributed by atoms with van der Waals surface area (Å²) in [6.07, 6.45) is 1.89. The fourth-order valence-electron chi connectivity index (χ4n) is 3.90. The molecule has 0 aromatic heterocycles. The van der Waals surface area contributed by atoms with E-state index in [1.807, 2.05) is 73.7 Å². The number of thiocarbonyl (C=S) groups is 1. The number of fused-ring (bicyclic) bond motifs is 1. The van der Waals surface area contributed by atoms with E-state index in [1.165, 1.54) is 28.1 Å². The van der Waals surface area contributed by atoms with Crippen LogP contribution in [0, 0.1) is 6.92 Å². The second-order valence-corrected chi connectivity index (χ2v) is 9.93. The summed E-state index contributed by atoms with van der Waals surface area (Å²) in [5, 5.41) is 2.41. The minimum absolute atomic E-state index is 0.0492. The summed E-state index contributed by atoms with van der Waals surface area (Å²) in [6.45, 7) is 3.04. The number of hydrogen-bond acceptors (Lipinski definition) is 4. The molecule has 1 aliphatic rings. The molecule has 1 aliphatic heterocycles. The van der Waals surface area contributed by atoms with Crippen LogP contribution in [0.3, 0.4) is 0 Å². The first-order valence-electron chi connectivity index (χ1n) is 11.1. The molecule has 3 nitrogen and oxygen atoms in total. The topological polar surface area (TPSA) is 29.5 Å². The van der Waals surface area contributed by atoms with Crippen LogP contribution in [-0.4, -0.2) is 15.1 Å². The molecular weight excluding hydrogens is 458 g/mol. The van der Waals surface area contributed by atoms with Crippen LogP contribution in [0.1, 0.15) is 22.3 Å². The summed E-state index contributed by atoms with van der Waals surface area (Å²) in [6, 6.07) is 30.5. The van der Waals surface area contributed by atoms with Gasteiger partial charge in [-0.2, -0.15) is 0 Å². The van der Waals surface area contributed by atoms with Crippen LogP contribution in [0.15, 0.2) is 95.9 Å². The summed E-state index contributed by atoms with van der Waals surface area (Å²) in [7, 11) is 0. The lowest BCUT2D eigenvalue weighted by atomic mass is 10.1. The van der Waals surface area contributed by atoms with Gasteiger partial charge in [0.05, 0.1) is 11.4 Å². The van der Waals surface area contributed by atoms with Gasteiger partial charge in [-0.1, -0.05) is 108 Å². The highest BCUT2D eigenvalue weighted by Crippen LogP contribution is 2.34. The third kappa shape index (κ3) is 4.91. The fourth-order valence-corrected chi connectivity index (χ4v) is 5.16. The number of rotatable bonds is 6. The molecule has 0 aliphatic carbocycles. The lowest BCUT2D eigenvalue weighted by Gasteiger charge is -2.14. The van der Waals surface area contributed by atoms with Crippen LogP contribution >= 0.6 is 24.0 Å². The second kappa shape index (κ2) is 9.84. The average Bonchev–Trinajstić information content (AvgIpc) is 3.12. The molecule has 4 aromatic rings. The molecular formula is C29H23NO2S2. The van der Waals surface area contributed by atoms with Crippen molar-refractivity contribution in [2.75, 3.05) is 0 Å². The van der Waals surface area contributed by atoms with Gasteiger partial charge < -0.3 is 4.74 Å².